The summed E-state index contributed by atoms with van der Waals surface area (Å²) in [6.07, 6.45) is 1.14. The number of carbonyl (C=O) groups excluding carboxylic acids is 1. The van der Waals surface area contributed by atoms with Crippen molar-refractivity contribution in [2.45, 2.75) is 26.4 Å². The van der Waals surface area contributed by atoms with Crippen LogP contribution in [0.2, 0.25) is 0 Å². The smallest absolute Gasteiger partial charge is 0.416 e. The first-order valence-electron chi connectivity index (χ1n) is 5.00. The highest BCUT2D eigenvalue weighted by atomic mass is 32.1. The molecule has 5 nitrogen and oxygen atoms in total. The molecule has 1 rings (SSSR count). The lowest BCUT2D eigenvalue weighted by Crippen LogP contribution is -2.37. The summed E-state index contributed by atoms with van der Waals surface area (Å²) in [5.74, 6) is 0. The number of aromatic nitrogens is 2. The minimum atomic E-state index is -0.547. The van der Waals surface area contributed by atoms with Gasteiger partial charge in [0.05, 0.1) is 0 Å². The zero-order valence-corrected chi connectivity index (χ0v) is 11.7. The molecule has 0 radical (unpaired) electrons. The van der Waals surface area contributed by atoms with Crippen molar-refractivity contribution < 1.29 is 9.53 Å². The molecule has 7 heteroatoms. The second kappa shape index (κ2) is 5.42. The molecule has 1 aromatic heterocycles. The van der Waals surface area contributed by atoms with Gasteiger partial charge in [0.15, 0.2) is 3.95 Å². The van der Waals surface area contributed by atoms with Crippen molar-refractivity contribution >= 4 is 34.8 Å². The molecule has 0 spiro atoms. The second-order valence-electron chi connectivity index (χ2n) is 4.28. The third-order valence-electron chi connectivity index (χ3n) is 1.58. The summed E-state index contributed by atoms with van der Waals surface area (Å²) in [7, 11) is 0. The maximum Gasteiger partial charge on any atom is 0.416 e. The predicted molar refractivity (Wildman–Crippen MR) is 71.1 cm³/mol. The fraction of sp³-hybridized carbons (Fsp3) is 0.500. The van der Waals surface area contributed by atoms with E-state index in [1.165, 1.54) is 16.2 Å². The zero-order chi connectivity index (χ0) is 13.1. The topological polar surface area (TPSA) is 58.2 Å². The van der Waals surface area contributed by atoms with Crippen LogP contribution in [0.3, 0.4) is 0 Å². The van der Waals surface area contributed by atoms with E-state index in [1.54, 1.807) is 6.08 Å². The molecule has 0 atom stereocenters. The van der Waals surface area contributed by atoms with Crippen molar-refractivity contribution in [1.82, 2.24) is 10.2 Å². The average molecular weight is 273 g/mol. The number of amides is 1. The Bertz CT molecular complexity index is 459. The molecule has 0 bridgehead atoms. The van der Waals surface area contributed by atoms with Crippen LogP contribution in [0.1, 0.15) is 20.8 Å². The van der Waals surface area contributed by atoms with E-state index in [9.17, 15) is 4.79 Å². The molecule has 17 heavy (non-hydrogen) atoms. The van der Waals surface area contributed by atoms with Gasteiger partial charge in [-0.2, -0.15) is 0 Å². The Kier molecular flexibility index (Phi) is 4.41. The van der Waals surface area contributed by atoms with Gasteiger partial charge in [-0.15, -0.1) is 11.7 Å². The van der Waals surface area contributed by atoms with E-state index >= 15 is 0 Å². The lowest BCUT2D eigenvalue weighted by atomic mass is 10.2. The first kappa shape index (κ1) is 13.9. The molecule has 1 amide bonds. The van der Waals surface area contributed by atoms with Crippen LogP contribution >= 0.6 is 23.6 Å². The van der Waals surface area contributed by atoms with Gasteiger partial charge < -0.3 is 4.74 Å². The van der Waals surface area contributed by atoms with Gasteiger partial charge in [0.1, 0.15) is 5.60 Å². The number of rotatable bonds is 3. The predicted octanol–water partition coefficient (Wildman–Crippen LogP) is 3.13. The SMILES string of the molecule is C=CCN(C(=O)OC(C)(C)C)c1n[nH]c(=S)s1. The van der Waals surface area contributed by atoms with Gasteiger partial charge in [-0.1, -0.05) is 17.4 Å². The highest BCUT2D eigenvalue weighted by Gasteiger charge is 2.24. The minimum absolute atomic E-state index is 0.324. The Hall–Kier alpha value is -1.21. The van der Waals surface area contributed by atoms with Crippen LogP contribution in [-0.2, 0) is 4.74 Å². The Balaban J connectivity index is 2.90. The molecule has 1 aromatic rings. The molecule has 1 heterocycles. The number of hydrogen-bond acceptors (Lipinski definition) is 5. The average Bonchev–Trinajstić information content (AvgIpc) is 2.58. The first-order chi connectivity index (χ1) is 7.83. The van der Waals surface area contributed by atoms with Crippen molar-refractivity contribution in [2.75, 3.05) is 11.4 Å². The van der Waals surface area contributed by atoms with Crippen LogP contribution in [0.5, 0.6) is 0 Å². The summed E-state index contributed by atoms with van der Waals surface area (Å²) in [5.41, 5.74) is -0.547. The Morgan fingerprint density at radius 2 is 2.35 bits per heavy atom. The molecule has 0 fully saturated rings. The highest BCUT2D eigenvalue weighted by Crippen LogP contribution is 2.20. The highest BCUT2D eigenvalue weighted by molar-refractivity contribution is 7.73. The molecule has 0 saturated heterocycles. The van der Waals surface area contributed by atoms with Crippen molar-refractivity contribution in [3.05, 3.63) is 16.6 Å². The van der Waals surface area contributed by atoms with E-state index in [0.717, 1.165) is 0 Å². The summed E-state index contributed by atoms with van der Waals surface area (Å²) in [4.78, 5) is 13.3. The van der Waals surface area contributed by atoms with Gasteiger partial charge in [0, 0.05) is 6.54 Å². The van der Waals surface area contributed by atoms with Crippen LogP contribution in [0, 0.1) is 3.95 Å². The number of aromatic amines is 1. The number of nitrogens with zero attached hydrogens (tertiary/aromatic N) is 2. The van der Waals surface area contributed by atoms with E-state index in [2.05, 4.69) is 16.8 Å². The number of H-pyrrole nitrogens is 1. The molecular formula is C10H15N3O2S2. The number of ether oxygens (including phenoxy) is 1. The fourth-order valence-electron chi connectivity index (χ4n) is 1.01. The Morgan fingerprint density at radius 1 is 1.71 bits per heavy atom. The number of hydrogen-bond donors (Lipinski definition) is 1. The lowest BCUT2D eigenvalue weighted by molar-refractivity contribution is 0.0584. The molecule has 0 aliphatic carbocycles. The van der Waals surface area contributed by atoms with E-state index in [1.807, 2.05) is 20.8 Å². The quantitative estimate of drug-likeness (QED) is 0.679. The van der Waals surface area contributed by atoms with E-state index < -0.39 is 11.7 Å². The van der Waals surface area contributed by atoms with Crippen molar-refractivity contribution in [3.8, 4) is 0 Å². The zero-order valence-electron chi connectivity index (χ0n) is 10.0. The van der Waals surface area contributed by atoms with Crippen molar-refractivity contribution in [2.24, 2.45) is 0 Å². The third kappa shape index (κ3) is 4.27. The maximum atomic E-state index is 11.9. The third-order valence-corrected chi connectivity index (χ3v) is 2.70. The number of anilines is 1. The number of nitrogens with one attached hydrogen (secondary N) is 1. The molecular weight excluding hydrogens is 258 g/mol. The minimum Gasteiger partial charge on any atom is -0.443 e. The summed E-state index contributed by atoms with van der Waals surface area (Å²) in [6.45, 7) is 9.35. The van der Waals surface area contributed by atoms with Crippen LogP contribution in [0.15, 0.2) is 12.7 Å². The molecule has 0 aromatic carbocycles. The Morgan fingerprint density at radius 3 is 2.76 bits per heavy atom. The first-order valence-corrected chi connectivity index (χ1v) is 6.23. The van der Waals surface area contributed by atoms with Crippen molar-refractivity contribution in [1.29, 1.82) is 0 Å². The van der Waals surface area contributed by atoms with E-state index in [0.29, 0.717) is 15.6 Å². The largest absolute Gasteiger partial charge is 0.443 e. The van der Waals surface area contributed by atoms with Crippen LogP contribution in [-0.4, -0.2) is 28.4 Å². The summed E-state index contributed by atoms with van der Waals surface area (Å²) >= 11 is 6.14. The summed E-state index contributed by atoms with van der Waals surface area (Å²) in [6, 6.07) is 0. The monoisotopic (exact) mass is 273 g/mol. The standard InChI is InChI=1S/C10H15N3O2S2/c1-5-6-13(7-11-12-8(16)17-7)9(14)15-10(2,3)4/h5H,1,6H2,2-4H3,(H,12,16). The molecule has 0 unspecified atom stereocenters. The maximum absolute atomic E-state index is 11.9. The van der Waals surface area contributed by atoms with Crippen LogP contribution in [0.4, 0.5) is 9.93 Å². The van der Waals surface area contributed by atoms with Gasteiger partial charge in [0.25, 0.3) is 0 Å². The van der Waals surface area contributed by atoms with E-state index in [4.69, 9.17) is 17.0 Å². The second-order valence-corrected chi connectivity index (χ2v) is 5.92. The fourth-order valence-corrected chi connectivity index (χ4v) is 1.89. The molecule has 1 N–H and O–H groups in total. The normalized spacial score (nSPS) is 11.0. The van der Waals surface area contributed by atoms with Gasteiger partial charge in [-0.25, -0.2) is 9.69 Å². The summed E-state index contributed by atoms with van der Waals surface area (Å²) < 4.78 is 5.79. The number of carbonyl (C=O) groups is 1. The van der Waals surface area contributed by atoms with Crippen molar-refractivity contribution in [3.63, 3.8) is 0 Å². The summed E-state index contributed by atoms with van der Waals surface area (Å²) in [5, 5.41) is 7.05. The van der Waals surface area contributed by atoms with Crippen LogP contribution < -0.4 is 4.90 Å². The van der Waals surface area contributed by atoms with Gasteiger partial charge in [0.2, 0.25) is 5.13 Å². The molecule has 0 saturated carbocycles. The van der Waals surface area contributed by atoms with Gasteiger partial charge in [-0.05, 0) is 33.0 Å². The Labute approximate surface area is 109 Å². The van der Waals surface area contributed by atoms with Crippen LogP contribution in [0.25, 0.3) is 0 Å². The lowest BCUT2D eigenvalue weighted by Gasteiger charge is -2.24. The molecule has 0 aliphatic rings. The van der Waals surface area contributed by atoms with Gasteiger partial charge >= 0.3 is 6.09 Å². The molecule has 94 valence electrons. The van der Waals surface area contributed by atoms with Gasteiger partial charge in [-0.3, -0.25) is 5.10 Å². The molecule has 0 aliphatic heterocycles. The van der Waals surface area contributed by atoms with E-state index in [-0.39, 0.29) is 0 Å².